The second-order valence-corrected chi connectivity index (χ2v) is 4.81. The molecule has 2 aromatic carbocycles. The first-order chi connectivity index (χ1) is 10.6. The second-order valence-electron chi connectivity index (χ2n) is 4.81. The zero-order valence-corrected chi connectivity index (χ0v) is 11.6. The van der Waals surface area contributed by atoms with Crippen molar-refractivity contribution in [2.45, 2.75) is 6.54 Å². The zero-order valence-electron chi connectivity index (χ0n) is 11.6. The van der Waals surface area contributed by atoms with Crippen molar-refractivity contribution in [1.82, 2.24) is 15.5 Å². The van der Waals surface area contributed by atoms with E-state index in [0.29, 0.717) is 17.1 Å². The summed E-state index contributed by atoms with van der Waals surface area (Å²) in [5.74, 6) is 0.0411. The number of H-pyrrole nitrogens is 1. The van der Waals surface area contributed by atoms with Crippen molar-refractivity contribution < 1.29 is 9.18 Å². The van der Waals surface area contributed by atoms with E-state index >= 15 is 0 Å². The molecule has 3 aromatic rings. The van der Waals surface area contributed by atoms with E-state index in [2.05, 4.69) is 20.8 Å². The van der Waals surface area contributed by atoms with Crippen molar-refractivity contribution in [2.24, 2.45) is 0 Å². The lowest BCUT2D eigenvalue weighted by Crippen LogP contribution is -2.28. The van der Waals surface area contributed by atoms with Crippen LogP contribution in [0.2, 0.25) is 0 Å². The molecule has 0 atom stereocenters. The maximum atomic E-state index is 13.0. The van der Waals surface area contributed by atoms with Gasteiger partial charge >= 0.3 is 6.03 Å². The Morgan fingerprint density at radius 1 is 1.27 bits per heavy atom. The third-order valence-electron chi connectivity index (χ3n) is 3.19. The van der Waals surface area contributed by atoms with Crippen LogP contribution < -0.4 is 16.4 Å². The number of fused-ring (bicyclic) bond motifs is 1. The van der Waals surface area contributed by atoms with Gasteiger partial charge in [-0.1, -0.05) is 12.1 Å². The van der Waals surface area contributed by atoms with E-state index in [1.54, 1.807) is 30.3 Å². The lowest BCUT2D eigenvalue weighted by molar-refractivity contribution is 0.251. The Bertz CT molecular complexity index is 830. The van der Waals surface area contributed by atoms with Gasteiger partial charge in [-0.05, 0) is 35.9 Å². The van der Waals surface area contributed by atoms with Crippen LogP contribution in [0, 0.1) is 5.82 Å². The van der Waals surface area contributed by atoms with E-state index < -0.39 is 0 Å². The molecule has 1 heterocycles. The minimum atomic E-state index is -0.384. The van der Waals surface area contributed by atoms with Crippen molar-refractivity contribution in [3.63, 3.8) is 0 Å². The normalized spacial score (nSPS) is 10.6. The van der Waals surface area contributed by atoms with Crippen LogP contribution in [0.25, 0.3) is 10.9 Å². The van der Waals surface area contributed by atoms with Crippen molar-refractivity contribution in [3.8, 4) is 0 Å². The van der Waals surface area contributed by atoms with Crippen molar-refractivity contribution >= 4 is 28.4 Å². The predicted octanol–water partition coefficient (Wildman–Crippen LogP) is 2.61. The first-order valence-corrected chi connectivity index (χ1v) is 6.65. The molecule has 1 aromatic heterocycles. The Morgan fingerprint density at radius 3 is 2.95 bits per heavy atom. The lowest BCUT2D eigenvalue weighted by Gasteiger charge is -2.08. The average Bonchev–Trinajstić information content (AvgIpc) is 2.87. The summed E-state index contributed by atoms with van der Waals surface area (Å²) in [5.41, 5.74) is 7.79. The number of nitrogens with zero attached hydrogens (tertiary/aromatic N) is 1. The highest BCUT2D eigenvalue weighted by Gasteiger charge is 2.06. The minimum absolute atomic E-state index is 0.236. The summed E-state index contributed by atoms with van der Waals surface area (Å²) in [6.07, 6.45) is 0. The highest BCUT2D eigenvalue weighted by Crippen LogP contribution is 2.21. The average molecular weight is 299 g/mol. The number of carbonyl (C=O) groups excluding carboxylic acids is 1. The van der Waals surface area contributed by atoms with Gasteiger partial charge in [0.15, 0.2) is 5.82 Å². The fraction of sp³-hybridized carbons (Fsp3) is 0.0667. The van der Waals surface area contributed by atoms with Crippen LogP contribution >= 0.6 is 0 Å². The van der Waals surface area contributed by atoms with E-state index in [4.69, 9.17) is 5.73 Å². The summed E-state index contributed by atoms with van der Waals surface area (Å²) in [7, 11) is 0. The second kappa shape index (κ2) is 5.72. The molecule has 3 rings (SSSR count). The van der Waals surface area contributed by atoms with Crippen LogP contribution in [-0.4, -0.2) is 16.2 Å². The van der Waals surface area contributed by atoms with Gasteiger partial charge in [-0.3, -0.25) is 5.10 Å². The van der Waals surface area contributed by atoms with Gasteiger partial charge in [0.2, 0.25) is 0 Å². The minimum Gasteiger partial charge on any atom is -0.382 e. The smallest absolute Gasteiger partial charge is 0.319 e. The maximum Gasteiger partial charge on any atom is 0.319 e. The number of halogens is 1. The van der Waals surface area contributed by atoms with Crippen LogP contribution in [0.3, 0.4) is 0 Å². The number of nitrogens with two attached hydrogens (primary N) is 1. The number of hydrogen-bond donors (Lipinski definition) is 4. The first-order valence-electron chi connectivity index (χ1n) is 6.65. The van der Waals surface area contributed by atoms with E-state index in [-0.39, 0.29) is 18.4 Å². The topological polar surface area (TPSA) is 95.8 Å². The highest BCUT2D eigenvalue weighted by atomic mass is 19.1. The molecule has 5 N–H and O–H groups in total. The molecule has 0 aliphatic carbocycles. The number of aromatic amines is 1. The van der Waals surface area contributed by atoms with Crippen LogP contribution in [-0.2, 0) is 6.54 Å². The summed E-state index contributed by atoms with van der Waals surface area (Å²) in [6, 6.07) is 10.9. The monoisotopic (exact) mass is 299 g/mol. The van der Waals surface area contributed by atoms with Crippen LogP contribution in [0.4, 0.5) is 20.7 Å². The number of aromatic nitrogens is 2. The number of nitrogens with one attached hydrogen (secondary N) is 3. The summed E-state index contributed by atoms with van der Waals surface area (Å²) in [5, 5.41) is 12.8. The van der Waals surface area contributed by atoms with Crippen molar-refractivity contribution in [1.29, 1.82) is 0 Å². The molecule has 0 radical (unpaired) electrons. The van der Waals surface area contributed by atoms with Crippen LogP contribution in [0.5, 0.6) is 0 Å². The number of amides is 2. The van der Waals surface area contributed by atoms with Crippen molar-refractivity contribution in [2.75, 3.05) is 11.1 Å². The molecule has 2 amide bonds. The summed E-state index contributed by atoms with van der Waals surface area (Å²) in [4.78, 5) is 11.9. The number of carbonyl (C=O) groups is 1. The van der Waals surface area contributed by atoms with Gasteiger partial charge in [0.25, 0.3) is 0 Å². The largest absolute Gasteiger partial charge is 0.382 e. The first kappa shape index (κ1) is 13.9. The van der Waals surface area contributed by atoms with E-state index in [1.165, 1.54) is 12.1 Å². The van der Waals surface area contributed by atoms with Gasteiger partial charge in [-0.2, -0.15) is 5.10 Å². The SMILES string of the molecule is Nc1n[nH]c2ccc(NC(=O)NCc3cccc(F)c3)cc12. The van der Waals surface area contributed by atoms with Gasteiger partial charge in [-0.25, -0.2) is 9.18 Å². The number of urea groups is 1. The molecule has 0 spiro atoms. The maximum absolute atomic E-state index is 13.0. The molecule has 0 saturated carbocycles. The molecule has 7 heteroatoms. The molecule has 0 aliphatic rings. The molecule has 22 heavy (non-hydrogen) atoms. The van der Waals surface area contributed by atoms with Gasteiger partial charge in [0, 0.05) is 17.6 Å². The zero-order chi connectivity index (χ0) is 15.5. The Morgan fingerprint density at radius 2 is 2.14 bits per heavy atom. The Labute approximate surface area is 125 Å². The Kier molecular flexibility index (Phi) is 3.61. The number of nitrogen functional groups attached to an aromatic ring is 1. The van der Waals surface area contributed by atoms with E-state index in [9.17, 15) is 9.18 Å². The van der Waals surface area contributed by atoms with Gasteiger partial charge in [0.05, 0.1) is 5.52 Å². The van der Waals surface area contributed by atoms with Crippen LogP contribution in [0.15, 0.2) is 42.5 Å². The fourth-order valence-corrected chi connectivity index (χ4v) is 2.12. The molecular weight excluding hydrogens is 285 g/mol. The van der Waals surface area contributed by atoms with Gasteiger partial charge < -0.3 is 16.4 Å². The molecule has 0 aliphatic heterocycles. The van der Waals surface area contributed by atoms with Gasteiger partial charge in [0.1, 0.15) is 5.82 Å². The molecule has 0 fully saturated rings. The third kappa shape index (κ3) is 2.98. The molecule has 6 nitrogen and oxygen atoms in total. The number of rotatable bonds is 3. The number of benzene rings is 2. The van der Waals surface area contributed by atoms with E-state index in [1.807, 2.05) is 0 Å². The third-order valence-corrected chi connectivity index (χ3v) is 3.19. The number of anilines is 2. The quantitative estimate of drug-likeness (QED) is 0.598. The fourth-order valence-electron chi connectivity index (χ4n) is 2.12. The Hall–Kier alpha value is -3.09. The standard InChI is InChI=1S/C15H14FN5O/c16-10-3-1-2-9(6-10)8-18-15(22)19-11-4-5-13-12(7-11)14(17)21-20-13/h1-7H,8H2,(H3,17,20,21)(H2,18,19,22). The summed E-state index contributed by atoms with van der Waals surface area (Å²) in [6.45, 7) is 0.236. The predicted molar refractivity (Wildman–Crippen MR) is 82.8 cm³/mol. The highest BCUT2D eigenvalue weighted by molar-refractivity contribution is 5.95. The van der Waals surface area contributed by atoms with E-state index in [0.717, 1.165) is 10.9 Å². The summed E-state index contributed by atoms with van der Waals surface area (Å²) >= 11 is 0. The van der Waals surface area contributed by atoms with Crippen molar-refractivity contribution in [3.05, 3.63) is 53.8 Å². The molecule has 0 saturated heterocycles. The van der Waals surface area contributed by atoms with Gasteiger partial charge in [-0.15, -0.1) is 0 Å². The Balaban J connectivity index is 1.64. The molecule has 112 valence electrons. The van der Waals surface area contributed by atoms with Crippen LogP contribution in [0.1, 0.15) is 5.56 Å². The number of hydrogen-bond acceptors (Lipinski definition) is 3. The molecular formula is C15H14FN5O. The lowest BCUT2D eigenvalue weighted by atomic mass is 10.2. The molecule has 0 bridgehead atoms. The summed E-state index contributed by atoms with van der Waals surface area (Å²) < 4.78 is 13.0. The molecule has 0 unspecified atom stereocenters.